The summed E-state index contributed by atoms with van der Waals surface area (Å²) in [5.41, 5.74) is 2.22. The topological polar surface area (TPSA) is 58.6 Å². The third-order valence-electron chi connectivity index (χ3n) is 3.69. The highest BCUT2D eigenvalue weighted by atomic mass is 19.1. The molecule has 6 heteroatoms. The average Bonchev–Trinajstić information content (AvgIpc) is 2.56. The van der Waals surface area contributed by atoms with E-state index >= 15 is 0 Å². The van der Waals surface area contributed by atoms with E-state index in [4.69, 9.17) is 4.74 Å². The van der Waals surface area contributed by atoms with Gasteiger partial charge >= 0.3 is 0 Å². The Bertz CT molecular complexity index is 760. The Labute approximate surface area is 146 Å². The molecule has 1 N–H and O–H groups in total. The first-order chi connectivity index (χ1) is 11.9. The molecule has 2 aromatic rings. The lowest BCUT2D eigenvalue weighted by Gasteiger charge is -2.18. The van der Waals surface area contributed by atoms with Crippen molar-refractivity contribution in [2.45, 2.75) is 19.9 Å². The van der Waals surface area contributed by atoms with Crippen LogP contribution < -0.4 is 10.1 Å². The Hall–Kier alpha value is -2.89. The number of likely N-dealkylation sites (N-methyl/N-ethyl adjacent to an activating group) is 1. The summed E-state index contributed by atoms with van der Waals surface area (Å²) in [5, 5.41) is 2.68. The number of hydrogen-bond donors (Lipinski definition) is 1. The van der Waals surface area contributed by atoms with Crippen LogP contribution in [0.1, 0.15) is 18.1 Å². The SMILES string of the molecule is COc1ccc(CN(C)C(=O)Cc2ccc(NC(C)=O)cc2)cc1F. The molecule has 132 valence electrons. The van der Waals surface area contributed by atoms with Crippen molar-refractivity contribution in [2.75, 3.05) is 19.5 Å². The summed E-state index contributed by atoms with van der Waals surface area (Å²) >= 11 is 0. The van der Waals surface area contributed by atoms with Crippen LogP contribution in [0.25, 0.3) is 0 Å². The molecule has 25 heavy (non-hydrogen) atoms. The molecule has 0 saturated carbocycles. The van der Waals surface area contributed by atoms with Gasteiger partial charge in [-0.25, -0.2) is 4.39 Å². The van der Waals surface area contributed by atoms with Crippen LogP contribution in [0, 0.1) is 5.82 Å². The van der Waals surface area contributed by atoms with Gasteiger partial charge in [0, 0.05) is 26.2 Å². The number of nitrogens with zero attached hydrogens (tertiary/aromatic N) is 1. The van der Waals surface area contributed by atoms with E-state index in [1.165, 1.54) is 20.1 Å². The molecule has 0 unspecified atom stereocenters. The second-order valence-electron chi connectivity index (χ2n) is 5.77. The maximum Gasteiger partial charge on any atom is 0.227 e. The molecule has 0 aliphatic heterocycles. The summed E-state index contributed by atoms with van der Waals surface area (Å²) in [6.45, 7) is 1.75. The highest BCUT2D eigenvalue weighted by Gasteiger charge is 2.12. The van der Waals surface area contributed by atoms with Crippen molar-refractivity contribution in [3.05, 3.63) is 59.4 Å². The lowest BCUT2D eigenvalue weighted by Crippen LogP contribution is -2.27. The molecule has 0 saturated heterocycles. The molecule has 0 bridgehead atoms. The van der Waals surface area contributed by atoms with E-state index in [-0.39, 0.29) is 24.0 Å². The summed E-state index contributed by atoms with van der Waals surface area (Å²) in [4.78, 5) is 24.9. The lowest BCUT2D eigenvalue weighted by molar-refractivity contribution is -0.129. The number of halogens is 1. The molecular formula is C19H21FN2O3. The largest absolute Gasteiger partial charge is 0.494 e. The number of amides is 2. The van der Waals surface area contributed by atoms with Gasteiger partial charge in [-0.2, -0.15) is 0 Å². The van der Waals surface area contributed by atoms with Crippen molar-refractivity contribution in [3.63, 3.8) is 0 Å². The maximum atomic E-state index is 13.7. The Morgan fingerprint density at radius 2 is 1.76 bits per heavy atom. The summed E-state index contributed by atoms with van der Waals surface area (Å²) in [5.74, 6) is -0.495. The number of hydrogen-bond acceptors (Lipinski definition) is 3. The molecule has 5 nitrogen and oxygen atoms in total. The van der Waals surface area contributed by atoms with Crippen molar-refractivity contribution in [1.82, 2.24) is 4.90 Å². The highest BCUT2D eigenvalue weighted by molar-refractivity contribution is 5.88. The number of ether oxygens (including phenoxy) is 1. The summed E-state index contributed by atoms with van der Waals surface area (Å²) < 4.78 is 18.6. The number of benzene rings is 2. The number of carbonyl (C=O) groups is 2. The van der Waals surface area contributed by atoms with E-state index in [9.17, 15) is 14.0 Å². The van der Waals surface area contributed by atoms with Crippen LogP contribution in [0.5, 0.6) is 5.75 Å². The zero-order valence-electron chi connectivity index (χ0n) is 14.5. The van der Waals surface area contributed by atoms with E-state index < -0.39 is 5.82 Å². The van der Waals surface area contributed by atoms with Gasteiger partial charge in [-0.1, -0.05) is 18.2 Å². The zero-order valence-corrected chi connectivity index (χ0v) is 14.5. The van der Waals surface area contributed by atoms with E-state index in [0.717, 1.165) is 5.56 Å². The minimum Gasteiger partial charge on any atom is -0.494 e. The summed E-state index contributed by atoms with van der Waals surface area (Å²) in [7, 11) is 3.08. The van der Waals surface area contributed by atoms with Crippen LogP contribution >= 0.6 is 0 Å². The summed E-state index contributed by atoms with van der Waals surface area (Å²) in [6.07, 6.45) is 0.232. The van der Waals surface area contributed by atoms with Crippen LogP contribution in [-0.4, -0.2) is 30.9 Å². The van der Waals surface area contributed by atoms with E-state index in [0.29, 0.717) is 17.8 Å². The second-order valence-corrected chi connectivity index (χ2v) is 5.77. The minimum atomic E-state index is -0.450. The molecule has 0 heterocycles. The van der Waals surface area contributed by atoms with E-state index in [1.807, 2.05) is 0 Å². The Kier molecular flexibility index (Phi) is 6.11. The first kappa shape index (κ1) is 18.4. The number of nitrogens with one attached hydrogen (secondary N) is 1. The number of methoxy groups -OCH3 is 1. The lowest BCUT2D eigenvalue weighted by atomic mass is 10.1. The molecule has 2 rings (SSSR count). The normalized spacial score (nSPS) is 10.2. The Morgan fingerprint density at radius 3 is 2.32 bits per heavy atom. The van der Waals surface area contributed by atoms with Gasteiger partial charge in [0.15, 0.2) is 11.6 Å². The van der Waals surface area contributed by atoms with Gasteiger partial charge in [-0.3, -0.25) is 9.59 Å². The predicted molar refractivity (Wildman–Crippen MR) is 93.9 cm³/mol. The first-order valence-electron chi connectivity index (χ1n) is 7.82. The number of carbonyl (C=O) groups excluding carboxylic acids is 2. The van der Waals surface area contributed by atoms with Crippen molar-refractivity contribution >= 4 is 17.5 Å². The molecule has 0 fully saturated rings. The average molecular weight is 344 g/mol. The quantitative estimate of drug-likeness (QED) is 0.876. The predicted octanol–water partition coefficient (Wildman–Crippen LogP) is 2.99. The van der Waals surface area contributed by atoms with Crippen LogP contribution in [-0.2, 0) is 22.6 Å². The molecule has 0 radical (unpaired) electrons. The highest BCUT2D eigenvalue weighted by Crippen LogP contribution is 2.19. The fraction of sp³-hybridized carbons (Fsp3) is 0.263. The van der Waals surface area contributed by atoms with Crippen molar-refractivity contribution in [3.8, 4) is 5.75 Å². The maximum absolute atomic E-state index is 13.7. The standard InChI is InChI=1S/C19H21FN2O3/c1-13(23)21-16-7-4-14(5-8-16)11-19(24)22(2)12-15-6-9-18(25-3)17(20)10-15/h4-10H,11-12H2,1-3H3,(H,21,23). The van der Waals surface area contributed by atoms with Gasteiger partial charge in [-0.15, -0.1) is 0 Å². The van der Waals surface area contributed by atoms with Gasteiger partial charge in [0.05, 0.1) is 13.5 Å². The first-order valence-corrected chi connectivity index (χ1v) is 7.82. The fourth-order valence-corrected chi connectivity index (χ4v) is 2.39. The molecular weight excluding hydrogens is 323 g/mol. The molecule has 0 spiro atoms. The van der Waals surface area contributed by atoms with Gasteiger partial charge in [0.1, 0.15) is 0 Å². The van der Waals surface area contributed by atoms with Gasteiger partial charge in [0.2, 0.25) is 11.8 Å². The van der Waals surface area contributed by atoms with Crippen LogP contribution in [0.3, 0.4) is 0 Å². The smallest absolute Gasteiger partial charge is 0.227 e. The Morgan fingerprint density at radius 1 is 1.12 bits per heavy atom. The third-order valence-corrected chi connectivity index (χ3v) is 3.69. The molecule has 0 aromatic heterocycles. The monoisotopic (exact) mass is 344 g/mol. The molecule has 0 atom stereocenters. The van der Waals surface area contributed by atoms with E-state index in [1.54, 1.807) is 48.3 Å². The second kappa shape index (κ2) is 8.28. The van der Waals surface area contributed by atoms with Gasteiger partial charge in [0.25, 0.3) is 0 Å². The van der Waals surface area contributed by atoms with Crippen LogP contribution in [0.15, 0.2) is 42.5 Å². The zero-order chi connectivity index (χ0) is 18.4. The molecule has 0 aliphatic rings. The van der Waals surface area contributed by atoms with E-state index in [2.05, 4.69) is 5.32 Å². The van der Waals surface area contributed by atoms with Crippen LogP contribution in [0.4, 0.5) is 10.1 Å². The molecule has 0 aliphatic carbocycles. The number of anilines is 1. The van der Waals surface area contributed by atoms with Crippen molar-refractivity contribution in [2.24, 2.45) is 0 Å². The number of rotatable bonds is 6. The minimum absolute atomic E-state index is 0.0801. The van der Waals surface area contributed by atoms with Crippen LogP contribution in [0.2, 0.25) is 0 Å². The van der Waals surface area contributed by atoms with Gasteiger partial charge in [-0.05, 0) is 35.4 Å². The molecule has 2 amide bonds. The fourth-order valence-electron chi connectivity index (χ4n) is 2.39. The third kappa shape index (κ3) is 5.31. The van der Waals surface area contributed by atoms with Crippen molar-refractivity contribution in [1.29, 1.82) is 0 Å². The molecule has 2 aromatic carbocycles. The van der Waals surface area contributed by atoms with Crippen molar-refractivity contribution < 1.29 is 18.7 Å². The Balaban J connectivity index is 1.95. The van der Waals surface area contributed by atoms with Gasteiger partial charge < -0.3 is 15.0 Å². The summed E-state index contributed by atoms with van der Waals surface area (Å²) in [6, 6.07) is 11.7.